The minimum absolute atomic E-state index is 0. The molecule has 7 heterocycles. The van der Waals surface area contributed by atoms with Gasteiger partial charge in [0, 0.05) is 81.0 Å². The van der Waals surface area contributed by atoms with E-state index in [0.717, 1.165) is 4.13 Å². The topological polar surface area (TPSA) is 117 Å². The third-order valence-corrected chi connectivity index (χ3v) is 27.3. The predicted octanol–water partition coefficient (Wildman–Crippen LogP) is 5.27. The first kappa shape index (κ1) is 107. The second-order valence-electron chi connectivity index (χ2n) is 32.6. The summed E-state index contributed by atoms with van der Waals surface area (Å²) in [5.41, 5.74) is -11.5. The van der Waals surface area contributed by atoms with E-state index < -0.39 is 31.1 Å². The van der Waals surface area contributed by atoms with E-state index in [4.69, 9.17) is 34.8 Å². The van der Waals surface area contributed by atoms with E-state index in [2.05, 4.69) is 80.2 Å². The number of unbranched alkanes of at least 4 members (excludes halogenated alkanes) is 7. The van der Waals surface area contributed by atoms with Crippen molar-refractivity contribution in [2.24, 2.45) is 16.2 Å². The molecule has 101 heavy (non-hydrogen) atoms. The van der Waals surface area contributed by atoms with Crippen LogP contribution in [-0.2, 0) is 20.0 Å². The van der Waals surface area contributed by atoms with Crippen molar-refractivity contribution in [2.45, 2.75) is 254 Å². The Hall–Kier alpha value is 1.46. The Labute approximate surface area is 661 Å². The second kappa shape index (κ2) is 51.2. The van der Waals surface area contributed by atoms with Gasteiger partial charge in [-0.15, -0.1) is 54.2 Å². The number of quaternary nitrogens is 6. The molecular weight excluding hydrogens is 1470 g/mol. The van der Waals surface area contributed by atoms with Gasteiger partial charge in [-0.2, -0.15) is 26.3 Å². The molecule has 0 spiro atoms. The monoisotopic (exact) mass is 1610 g/mol. The first-order valence-electron chi connectivity index (χ1n) is 38.7. The van der Waals surface area contributed by atoms with E-state index in [1.165, 1.54) is 370 Å². The summed E-state index contributed by atoms with van der Waals surface area (Å²) in [5, 5.41) is 0. The van der Waals surface area contributed by atoms with Crippen LogP contribution in [0, 0.1) is 29.2 Å². The molecule has 7 rings (SSSR count). The van der Waals surface area contributed by atoms with Crippen molar-refractivity contribution in [2.75, 3.05) is 188 Å². The molecule has 0 amide bonds. The predicted molar refractivity (Wildman–Crippen MR) is 396 cm³/mol. The fourth-order valence-electron chi connectivity index (χ4n) is 18.2. The van der Waals surface area contributed by atoms with Gasteiger partial charge in [0.1, 0.15) is 10.8 Å². The van der Waals surface area contributed by atoms with E-state index >= 15 is 0 Å². The third-order valence-electron chi connectivity index (χ3n) is 22.7. The summed E-state index contributed by atoms with van der Waals surface area (Å²) in [4.78, 5) is 2.57. The molecule has 0 aromatic carbocycles. The summed E-state index contributed by atoms with van der Waals surface area (Å²) in [6.07, 6.45) is 40.8. The maximum atomic E-state index is 11.4. The smallest absolute Gasteiger partial charge is 1.00 e. The summed E-state index contributed by atoms with van der Waals surface area (Å²) in [7, 11) is -13.4. The van der Waals surface area contributed by atoms with Crippen molar-refractivity contribution in [1.29, 1.82) is 0 Å². The van der Waals surface area contributed by atoms with Crippen molar-refractivity contribution in [1.82, 2.24) is 4.90 Å². The van der Waals surface area contributed by atoms with Crippen LogP contribution in [0.15, 0.2) is 0 Å². The van der Waals surface area contributed by atoms with Gasteiger partial charge >= 0.3 is 29.9 Å². The number of sulfonamides is 2. The van der Waals surface area contributed by atoms with Crippen LogP contribution in [0.4, 0.5) is 26.3 Å². The summed E-state index contributed by atoms with van der Waals surface area (Å²) < 4.78 is 118. The first-order chi connectivity index (χ1) is 45.2. The fourth-order valence-corrected chi connectivity index (χ4v) is 20.7. The van der Waals surface area contributed by atoms with Crippen LogP contribution in [0.2, 0.25) is 0 Å². The van der Waals surface area contributed by atoms with E-state index in [0.29, 0.717) is 28.5 Å². The summed E-state index contributed by atoms with van der Waals surface area (Å²) in [5.74, 6) is 1.58. The average Bonchev–Trinajstić information content (AvgIpc) is 1.73. The SMILES string of the molecule is CC(CCl)(CCl)CCl.CCCCN1CCCC1.CCCC[N+]1(CC(C)(C[N+]2(CCCC)CCCC2)C[N+]2(CCCC)CCCC2)CCCC1.CCCC[N+]1(CC(C)(C[N+]2(CCCC)C[CH-]CC2)C[N+]2(CCCC)CCCC2)[CH-]CCC1.O.O=S(=O)([N-]S(=O)(=O)C(F)(F)F)C(F)(F)F.[Cl-].[Cl-].[Cl-].[Li+]. The zero-order chi connectivity index (χ0) is 71.8. The molecular formula is C73H146Cl6F6LiN8O5S2+. The Morgan fingerprint density at radius 2 is 0.693 bits per heavy atom. The van der Waals surface area contributed by atoms with Crippen LogP contribution >= 0.6 is 34.8 Å². The Morgan fingerprint density at radius 3 is 0.950 bits per heavy atom. The number of alkyl halides is 9. The molecule has 2 N–H and O–H groups in total. The minimum Gasteiger partial charge on any atom is -1.00 e. The molecule has 0 aliphatic carbocycles. The van der Waals surface area contributed by atoms with Gasteiger partial charge in [-0.1, -0.05) is 100 Å². The molecule has 0 saturated carbocycles. The number of hydrogen-bond acceptors (Lipinski definition) is 5. The van der Waals surface area contributed by atoms with Crippen molar-refractivity contribution in [3.8, 4) is 0 Å². The van der Waals surface area contributed by atoms with E-state index in [1.54, 1.807) is 0 Å². The third kappa shape index (κ3) is 36.7. The quantitative estimate of drug-likeness (QED) is 0.0275. The van der Waals surface area contributed by atoms with E-state index in [9.17, 15) is 43.2 Å². The number of hydrogen-bond donors (Lipinski definition) is 0. The van der Waals surface area contributed by atoms with Crippen molar-refractivity contribution < 1.29 is 132 Å². The standard InChI is InChI=1S/C29H60N3.C29H58N3.C8H17N.C5H9Cl3.C2F6NO4S2.3ClH.Li.H2O/c2*1-5-8-17-30(20-11-12-21-30)26-29(4,27-31(18-9-6-2)22-13-14-23-31)28-32(19-10-7-3)24-15-16-25-32;1-2-3-6-9-7-4-5-8-9;1-5(2-6,3-7)4-8;3-1(4,5)14(10,11)9-15(12,13)2(6,7)8;;;;;/h5-28H2,1-4H3;11,22H,5-10,12-21,23-28H2,1-4H3;2-8H2,1H3;2-4H2,1H3;;3*1H;;1H2/q+3;+1;;;-1;;;;+1;/p-3. The molecule has 0 aromatic heterocycles. The van der Waals surface area contributed by atoms with E-state index in [-0.39, 0.29) is 67.0 Å². The van der Waals surface area contributed by atoms with Gasteiger partial charge in [-0.05, 0) is 104 Å². The number of halogens is 12. The molecule has 0 bridgehead atoms. The number of rotatable bonds is 38. The van der Waals surface area contributed by atoms with Gasteiger partial charge in [0.25, 0.3) is 0 Å². The normalized spacial score (nSPS) is 22.9. The summed E-state index contributed by atoms with van der Waals surface area (Å²) in [6, 6.07) is 0. The Morgan fingerprint density at radius 1 is 0.396 bits per heavy atom. The van der Waals surface area contributed by atoms with Gasteiger partial charge < -0.3 is 78.6 Å². The molecule has 13 nitrogen and oxygen atoms in total. The molecule has 7 fully saturated rings. The molecule has 3 atom stereocenters. The largest absolute Gasteiger partial charge is 1.00 e. The molecule has 0 aromatic rings. The van der Waals surface area contributed by atoms with Crippen LogP contribution < -0.4 is 56.1 Å². The zero-order valence-corrected chi connectivity index (χ0v) is 71.5. The average molecular weight is 1610 g/mol. The maximum Gasteiger partial charge on any atom is 1.00 e. The molecule has 3 unspecified atom stereocenters. The summed E-state index contributed by atoms with van der Waals surface area (Å²) in [6.45, 7) is 64.1. The Kier molecular flexibility index (Phi) is 54.0. The fraction of sp³-hybridized carbons (Fsp3) is 0.973. The number of nitrogens with zero attached hydrogens (tertiary/aromatic N) is 8. The number of likely N-dealkylation sites (tertiary alicyclic amines) is 7. The Bertz CT molecular complexity index is 2030. The van der Waals surface area contributed by atoms with Gasteiger partial charge in [0.15, 0.2) is 20.0 Å². The van der Waals surface area contributed by atoms with Gasteiger partial charge in [-0.25, -0.2) is 16.8 Å². The van der Waals surface area contributed by atoms with Gasteiger partial charge in [0.05, 0.1) is 137 Å². The molecule has 28 heteroatoms. The Balaban J connectivity index is -0.00000129. The maximum absolute atomic E-state index is 11.4. The minimum atomic E-state index is -6.72. The van der Waals surface area contributed by atoms with Gasteiger partial charge in [-0.3, -0.25) is 6.42 Å². The molecule has 604 valence electrons. The van der Waals surface area contributed by atoms with Gasteiger partial charge in [0.2, 0.25) is 0 Å². The van der Waals surface area contributed by atoms with Crippen LogP contribution in [-0.4, -0.2) is 253 Å². The first-order valence-corrected chi connectivity index (χ1v) is 43.2. The van der Waals surface area contributed by atoms with Crippen molar-refractivity contribution >= 4 is 54.8 Å². The zero-order valence-electron chi connectivity index (χ0n) is 65.3. The van der Waals surface area contributed by atoms with Crippen LogP contribution in [0.3, 0.4) is 0 Å². The molecule has 7 aliphatic heterocycles. The van der Waals surface area contributed by atoms with E-state index in [1.807, 2.05) is 6.92 Å². The van der Waals surface area contributed by atoms with Crippen LogP contribution in [0.5, 0.6) is 0 Å². The molecule has 7 aliphatic rings. The second-order valence-corrected chi connectivity index (χ2v) is 36.9. The van der Waals surface area contributed by atoms with Crippen molar-refractivity contribution in [3.63, 3.8) is 0 Å². The molecule has 0 radical (unpaired) electrons. The van der Waals surface area contributed by atoms with Crippen LogP contribution in [0.25, 0.3) is 4.13 Å². The molecule has 7 saturated heterocycles. The summed E-state index contributed by atoms with van der Waals surface area (Å²) >= 11 is 16.6. The van der Waals surface area contributed by atoms with Crippen molar-refractivity contribution in [3.05, 3.63) is 17.1 Å². The van der Waals surface area contributed by atoms with Crippen LogP contribution in [0.1, 0.15) is 243 Å².